The van der Waals surface area contributed by atoms with Crippen LogP contribution in [0.25, 0.3) is 0 Å². The summed E-state index contributed by atoms with van der Waals surface area (Å²) in [5.41, 5.74) is 1.19. The zero-order valence-electron chi connectivity index (χ0n) is 13.4. The SMILES string of the molecule is CCCn1nc(C(=O)NCCOc2ccc(C)cc2)ccc1=O. The van der Waals surface area contributed by atoms with Crippen LogP contribution in [0, 0.1) is 6.92 Å². The van der Waals surface area contributed by atoms with E-state index in [9.17, 15) is 9.59 Å². The molecule has 0 fully saturated rings. The first-order valence-corrected chi connectivity index (χ1v) is 7.66. The molecule has 1 aromatic carbocycles. The summed E-state index contributed by atoms with van der Waals surface area (Å²) in [6.45, 7) is 5.18. The number of hydrogen-bond donors (Lipinski definition) is 1. The molecule has 2 aromatic rings. The molecule has 0 bridgehead atoms. The Morgan fingerprint density at radius 1 is 1.22 bits per heavy atom. The van der Waals surface area contributed by atoms with Crippen LogP contribution in [0.2, 0.25) is 0 Å². The summed E-state index contributed by atoms with van der Waals surface area (Å²) in [6, 6.07) is 10.5. The van der Waals surface area contributed by atoms with Gasteiger partial charge in [0.25, 0.3) is 11.5 Å². The van der Waals surface area contributed by atoms with Gasteiger partial charge in [-0.25, -0.2) is 4.68 Å². The molecule has 0 unspecified atom stereocenters. The van der Waals surface area contributed by atoms with Gasteiger partial charge in [0, 0.05) is 12.6 Å². The van der Waals surface area contributed by atoms with Crippen molar-refractivity contribution in [3.8, 4) is 5.75 Å². The highest BCUT2D eigenvalue weighted by atomic mass is 16.5. The lowest BCUT2D eigenvalue weighted by Crippen LogP contribution is -2.31. The lowest BCUT2D eigenvalue weighted by Gasteiger charge is -2.08. The van der Waals surface area contributed by atoms with E-state index < -0.39 is 0 Å². The third-order valence-electron chi connectivity index (χ3n) is 3.21. The maximum atomic E-state index is 12.0. The Balaban J connectivity index is 1.83. The summed E-state index contributed by atoms with van der Waals surface area (Å²) in [7, 11) is 0. The molecule has 0 aliphatic heterocycles. The van der Waals surface area contributed by atoms with E-state index in [2.05, 4.69) is 10.4 Å². The Morgan fingerprint density at radius 2 is 1.96 bits per heavy atom. The summed E-state index contributed by atoms with van der Waals surface area (Å²) in [5.74, 6) is 0.446. The average Bonchev–Trinajstić information content (AvgIpc) is 2.55. The van der Waals surface area contributed by atoms with E-state index in [0.29, 0.717) is 19.7 Å². The lowest BCUT2D eigenvalue weighted by atomic mass is 10.2. The van der Waals surface area contributed by atoms with Gasteiger partial charge >= 0.3 is 0 Å². The van der Waals surface area contributed by atoms with Crippen molar-refractivity contribution in [1.29, 1.82) is 0 Å². The molecule has 6 heteroatoms. The van der Waals surface area contributed by atoms with Crippen molar-refractivity contribution in [3.05, 3.63) is 58.0 Å². The van der Waals surface area contributed by atoms with Gasteiger partial charge in [-0.05, 0) is 31.5 Å². The molecule has 1 N–H and O–H groups in total. The van der Waals surface area contributed by atoms with Crippen LogP contribution in [0.3, 0.4) is 0 Å². The predicted octanol–water partition coefficient (Wildman–Crippen LogP) is 1.77. The number of amides is 1. The third-order valence-corrected chi connectivity index (χ3v) is 3.21. The molecule has 0 saturated heterocycles. The highest BCUT2D eigenvalue weighted by Gasteiger charge is 2.08. The van der Waals surface area contributed by atoms with E-state index in [1.807, 2.05) is 38.1 Å². The van der Waals surface area contributed by atoms with Crippen molar-refractivity contribution in [2.45, 2.75) is 26.8 Å². The van der Waals surface area contributed by atoms with E-state index in [1.165, 1.54) is 22.4 Å². The Kier molecular flexibility index (Phi) is 5.91. The monoisotopic (exact) mass is 315 g/mol. The van der Waals surface area contributed by atoms with Gasteiger partial charge in [-0.2, -0.15) is 5.10 Å². The van der Waals surface area contributed by atoms with Crippen molar-refractivity contribution in [2.24, 2.45) is 0 Å². The van der Waals surface area contributed by atoms with E-state index >= 15 is 0 Å². The molecule has 1 amide bonds. The number of aromatic nitrogens is 2. The molecule has 0 spiro atoms. The highest BCUT2D eigenvalue weighted by Crippen LogP contribution is 2.10. The predicted molar refractivity (Wildman–Crippen MR) is 87.8 cm³/mol. The van der Waals surface area contributed by atoms with Crippen molar-refractivity contribution < 1.29 is 9.53 Å². The third kappa shape index (κ3) is 4.95. The second-order valence-corrected chi connectivity index (χ2v) is 5.20. The molecular weight excluding hydrogens is 294 g/mol. The minimum Gasteiger partial charge on any atom is -0.492 e. The Bertz CT molecular complexity index is 708. The standard InChI is InChI=1S/C17H21N3O3/c1-3-11-20-16(21)9-8-15(19-20)17(22)18-10-12-23-14-6-4-13(2)5-7-14/h4-9H,3,10-12H2,1-2H3,(H,18,22). The maximum absolute atomic E-state index is 12.0. The highest BCUT2D eigenvalue weighted by molar-refractivity contribution is 5.91. The molecule has 1 heterocycles. The summed E-state index contributed by atoms with van der Waals surface area (Å²) >= 11 is 0. The van der Waals surface area contributed by atoms with Crippen LogP contribution < -0.4 is 15.6 Å². The van der Waals surface area contributed by atoms with Crippen LogP contribution in [0.15, 0.2) is 41.2 Å². The molecule has 6 nitrogen and oxygen atoms in total. The molecule has 1 aromatic heterocycles. The summed E-state index contributed by atoms with van der Waals surface area (Å²) in [5, 5.41) is 6.79. The van der Waals surface area contributed by atoms with Crippen LogP contribution in [0.5, 0.6) is 5.75 Å². The minimum absolute atomic E-state index is 0.203. The molecule has 0 aliphatic rings. The van der Waals surface area contributed by atoms with E-state index in [1.54, 1.807) is 0 Å². The largest absolute Gasteiger partial charge is 0.492 e. The second-order valence-electron chi connectivity index (χ2n) is 5.20. The van der Waals surface area contributed by atoms with Crippen LogP contribution in [-0.2, 0) is 6.54 Å². The number of rotatable bonds is 7. The first kappa shape index (κ1) is 16.7. The summed E-state index contributed by atoms with van der Waals surface area (Å²) < 4.78 is 6.84. The van der Waals surface area contributed by atoms with Gasteiger partial charge in [-0.1, -0.05) is 24.6 Å². The number of carbonyl (C=O) groups excluding carboxylic acids is 1. The zero-order chi connectivity index (χ0) is 16.7. The fourth-order valence-corrected chi connectivity index (χ4v) is 2.00. The number of aryl methyl sites for hydroxylation is 2. The van der Waals surface area contributed by atoms with E-state index in [-0.39, 0.29) is 17.2 Å². The Labute approximate surface area is 135 Å². The molecule has 23 heavy (non-hydrogen) atoms. The smallest absolute Gasteiger partial charge is 0.271 e. The molecule has 122 valence electrons. The minimum atomic E-state index is -0.317. The fourth-order valence-electron chi connectivity index (χ4n) is 2.00. The van der Waals surface area contributed by atoms with Crippen LogP contribution in [-0.4, -0.2) is 28.8 Å². The lowest BCUT2D eigenvalue weighted by molar-refractivity contribution is 0.0939. The van der Waals surface area contributed by atoms with Gasteiger partial charge in [-0.15, -0.1) is 0 Å². The molecule has 0 radical (unpaired) electrons. The molecule has 0 aliphatic carbocycles. The van der Waals surface area contributed by atoms with Gasteiger partial charge in [0.05, 0.1) is 6.54 Å². The van der Waals surface area contributed by atoms with Gasteiger partial charge in [0.2, 0.25) is 0 Å². The second kappa shape index (κ2) is 8.12. The van der Waals surface area contributed by atoms with Gasteiger partial charge in [-0.3, -0.25) is 9.59 Å². The number of nitrogens with zero attached hydrogens (tertiary/aromatic N) is 2. The number of hydrogen-bond acceptors (Lipinski definition) is 4. The normalized spacial score (nSPS) is 10.3. The quantitative estimate of drug-likeness (QED) is 0.790. The van der Waals surface area contributed by atoms with Crippen LogP contribution in [0.4, 0.5) is 0 Å². The van der Waals surface area contributed by atoms with Crippen molar-refractivity contribution in [3.63, 3.8) is 0 Å². The first-order valence-electron chi connectivity index (χ1n) is 7.66. The number of benzene rings is 1. The summed E-state index contributed by atoms with van der Waals surface area (Å²) in [4.78, 5) is 23.6. The van der Waals surface area contributed by atoms with Crippen molar-refractivity contribution in [2.75, 3.05) is 13.2 Å². The molecule has 2 rings (SSSR count). The van der Waals surface area contributed by atoms with Gasteiger partial charge < -0.3 is 10.1 Å². The van der Waals surface area contributed by atoms with E-state index in [0.717, 1.165) is 12.2 Å². The zero-order valence-corrected chi connectivity index (χ0v) is 13.4. The molecular formula is C17H21N3O3. The Morgan fingerprint density at radius 3 is 2.65 bits per heavy atom. The van der Waals surface area contributed by atoms with Gasteiger partial charge in [0.15, 0.2) is 0 Å². The van der Waals surface area contributed by atoms with E-state index in [4.69, 9.17) is 4.74 Å². The van der Waals surface area contributed by atoms with Crippen molar-refractivity contribution in [1.82, 2.24) is 15.1 Å². The maximum Gasteiger partial charge on any atom is 0.271 e. The summed E-state index contributed by atoms with van der Waals surface area (Å²) in [6.07, 6.45) is 0.780. The molecule has 0 atom stereocenters. The topological polar surface area (TPSA) is 73.2 Å². The van der Waals surface area contributed by atoms with Crippen LogP contribution in [0.1, 0.15) is 29.4 Å². The van der Waals surface area contributed by atoms with Crippen LogP contribution >= 0.6 is 0 Å². The number of carbonyl (C=O) groups is 1. The van der Waals surface area contributed by atoms with Gasteiger partial charge in [0.1, 0.15) is 18.1 Å². The van der Waals surface area contributed by atoms with Crippen molar-refractivity contribution >= 4 is 5.91 Å². The number of nitrogens with one attached hydrogen (secondary N) is 1. The Hall–Kier alpha value is -2.63. The first-order chi connectivity index (χ1) is 11.1. The molecule has 0 saturated carbocycles. The average molecular weight is 315 g/mol. The number of ether oxygens (including phenoxy) is 1. The fraction of sp³-hybridized carbons (Fsp3) is 0.353.